The van der Waals surface area contributed by atoms with Crippen LogP contribution in [0.25, 0.3) is 11.0 Å². The molecule has 1 N–H and O–H groups in total. The van der Waals surface area contributed by atoms with E-state index in [0.717, 1.165) is 30.2 Å². The summed E-state index contributed by atoms with van der Waals surface area (Å²) in [4.78, 5) is 38.2. The molecule has 1 aromatic carbocycles. The molecule has 2 aliphatic carbocycles. The summed E-state index contributed by atoms with van der Waals surface area (Å²) in [5, 5.41) is 13.6. The smallest absolute Gasteiger partial charge is 0.360 e. The summed E-state index contributed by atoms with van der Waals surface area (Å²) in [5.41, 5.74) is 0.399. The van der Waals surface area contributed by atoms with E-state index in [4.69, 9.17) is 4.84 Å². The largest absolute Gasteiger partial charge is 0.476 e. The lowest BCUT2D eigenvalue weighted by molar-refractivity contribution is -0.129. The Morgan fingerprint density at radius 3 is 2.30 bits per heavy atom. The van der Waals surface area contributed by atoms with Gasteiger partial charge in [0, 0.05) is 24.2 Å². The third-order valence-corrected chi connectivity index (χ3v) is 9.41. The quantitative estimate of drug-likeness (QED) is 0.449. The average Bonchev–Trinajstić information content (AvgIpc) is 3.04. The van der Waals surface area contributed by atoms with E-state index >= 15 is 0 Å². The van der Waals surface area contributed by atoms with E-state index in [0.29, 0.717) is 23.6 Å². The van der Waals surface area contributed by atoms with E-state index in [-0.39, 0.29) is 23.9 Å². The van der Waals surface area contributed by atoms with Gasteiger partial charge in [0.05, 0.1) is 11.0 Å². The number of aromatic nitrogens is 2. The number of carbonyl (C=O) groups is 1. The van der Waals surface area contributed by atoms with Crippen LogP contribution in [0.15, 0.2) is 34.2 Å². The molecule has 37 heavy (non-hydrogen) atoms. The lowest BCUT2D eigenvalue weighted by atomic mass is 9.76. The second-order valence-electron chi connectivity index (χ2n) is 11.6. The number of oxime groups is 1. The molecule has 8 heteroatoms. The highest BCUT2D eigenvalue weighted by Crippen LogP contribution is 2.47. The van der Waals surface area contributed by atoms with Gasteiger partial charge in [-0.2, -0.15) is 0 Å². The van der Waals surface area contributed by atoms with Crippen molar-refractivity contribution in [1.29, 1.82) is 0 Å². The Bertz CT molecular complexity index is 1230. The molecule has 0 amide bonds. The van der Waals surface area contributed by atoms with Gasteiger partial charge < -0.3 is 14.5 Å². The molecular formula is C29H38N4O4. The van der Waals surface area contributed by atoms with Crippen LogP contribution >= 0.6 is 0 Å². The topological polar surface area (TPSA) is 97.0 Å². The van der Waals surface area contributed by atoms with Gasteiger partial charge in [-0.25, -0.2) is 9.78 Å². The molecule has 8 nitrogen and oxygen atoms in total. The van der Waals surface area contributed by atoms with E-state index in [2.05, 4.69) is 15.0 Å². The van der Waals surface area contributed by atoms with Crippen molar-refractivity contribution < 1.29 is 14.7 Å². The molecule has 0 radical (unpaired) electrons. The zero-order valence-corrected chi connectivity index (χ0v) is 21.7. The predicted molar refractivity (Wildman–Crippen MR) is 142 cm³/mol. The fraction of sp³-hybridized carbons (Fsp3) is 0.655. The van der Waals surface area contributed by atoms with Crippen molar-refractivity contribution in [2.24, 2.45) is 17.0 Å². The first kappa shape index (κ1) is 24.6. The number of fused-ring (bicyclic) bond motifs is 5. The average molecular weight is 507 g/mol. The Hall–Kier alpha value is -2.74. The molecule has 1 aromatic heterocycles. The third kappa shape index (κ3) is 4.58. The maximum absolute atomic E-state index is 13.9. The molecule has 3 heterocycles. The van der Waals surface area contributed by atoms with Crippen LogP contribution in [0.1, 0.15) is 89.3 Å². The minimum absolute atomic E-state index is 0.0147. The van der Waals surface area contributed by atoms with Crippen molar-refractivity contribution in [3.05, 3.63) is 40.3 Å². The maximum Gasteiger partial charge on any atom is 0.360 e. The molecule has 4 bridgehead atoms. The summed E-state index contributed by atoms with van der Waals surface area (Å²) < 4.78 is 1.82. The van der Waals surface area contributed by atoms with E-state index in [1.807, 2.05) is 28.8 Å². The molecule has 2 aromatic rings. The third-order valence-electron chi connectivity index (χ3n) is 9.41. The summed E-state index contributed by atoms with van der Waals surface area (Å²) in [6.07, 6.45) is 13.9. The summed E-state index contributed by atoms with van der Waals surface area (Å²) in [5.74, 6) is 0.460. The highest BCUT2D eigenvalue weighted by atomic mass is 16.6. The van der Waals surface area contributed by atoms with Crippen LogP contribution in [-0.2, 0) is 9.63 Å². The first-order valence-corrected chi connectivity index (χ1v) is 14.3. The number of rotatable bonds is 6. The minimum Gasteiger partial charge on any atom is -0.476 e. The predicted octanol–water partition coefficient (Wildman–Crippen LogP) is 4.75. The van der Waals surface area contributed by atoms with Crippen LogP contribution in [-0.4, -0.2) is 56.0 Å². The van der Waals surface area contributed by atoms with Gasteiger partial charge in [-0.15, -0.1) is 0 Å². The number of hydrogen-bond donors (Lipinski definition) is 1. The standard InChI is InChI=1S/C29H38N4O4/c1-2-37-31-27(29(35)36)26-28(34)33(25-10-6-5-9-24(25)30-26)23-16-20-11-12-21(17-23)32(20)22-14-18-7-3-4-8-19(13-18)15-22/h5-6,9-10,18-23H,2-4,7-8,11-17H2,1H3,(H,35,36)/t18?,19?,20-,21+,22?,23?. The number of nitrogens with zero attached hydrogens (tertiary/aromatic N) is 4. The molecule has 4 aliphatic rings. The summed E-state index contributed by atoms with van der Waals surface area (Å²) in [7, 11) is 0. The molecule has 3 unspecified atom stereocenters. The van der Waals surface area contributed by atoms with Gasteiger partial charge in [-0.05, 0) is 75.8 Å². The molecule has 4 fully saturated rings. The Morgan fingerprint density at radius 2 is 1.65 bits per heavy atom. The van der Waals surface area contributed by atoms with Crippen LogP contribution in [0, 0.1) is 11.8 Å². The Kier molecular flexibility index (Phi) is 6.78. The molecule has 2 saturated carbocycles. The lowest BCUT2D eigenvalue weighted by Gasteiger charge is -2.48. The highest BCUT2D eigenvalue weighted by molar-refractivity contribution is 6.41. The highest BCUT2D eigenvalue weighted by Gasteiger charge is 2.47. The zero-order chi connectivity index (χ0) is 25.5. The maximum atomic E-state index is 13.9. The van der Waals surface area contributed by atoms with E-state index in [1.54, 1.807) is 6.92 Å². The van der Waals surface area contributed by atoms with Crippen LogP contribution in [0.2, 0.25) is 0 Å². The molecule has 6 rings (SSSR count). The molecule has 2 saturated heterocycles. The Labute approximate surface area is 217 Å². The van der Waals surface area contributed by atoms with Crippen molar-refractivity contribution >= 4 is 22.7 Å². The lowest BCUT2D eigenvalue weighted by Crippen LogP contribution is -2.52. The molecule has 198 valence electrons. The van der Waals surface area contributed by atoms with Crippen molar-refractivity contribution in [3.8, 4) is 0 Å². The first-order chi connectivity index (χ1) is 18.0. The van der Waals surface area contributed by atoms with Crippen LogP contribution in [0.5, 0.6) is 0 Å². The van der Waals surface area contributed by atoms with E-state index in [1.165, 1.54) is 57.8 Å². The van der Waals surface area contributed by atoms with Gasteiger partial charge in [0.15, 0.2) is 5.69 Å². The van der Waals surface area contributed by atoms with Gasteiger partial charge in [0.1, 0.15) is 6.61 Å². The number of para-hydroxylation sites is 2. The van der Waals surface area contributed by atoms with Gasteiger partial charge in [-0.3, -0.25) is 9.69 Å². The second kappa shape index (κ2) is 10.2. The number of benzene rings is 1. The van der Waals surface area contributed by atoms with Gasteiger partial charge in [-0.1, -0.05) is 43.0 Å². The molecule has 2 aliphatic heterocycles. The van der Waals surface area contributed by atoms with Crippen molar-refractivity contribution in [3.63, 3.8) is 0 Å². The normalized spacial score (nSPS) is 32.3. The SMILES string of the molecule is CCON=C(C(=O)O)c1nc2ccccc2n(C2C[C@H]3CC[C@@H](C2)N3C2CC3CCCCC(C3)C2)c1=O. The molecule has 5 atom stereocenters. The fourth-order valence-corrected chi connectivity index (χ4v) is 8.09. The number of piperidine rings is 1. The fourth-order valence-electron chi connectivity index (χ4n) is 8.09. The summed E-state index contributed by atoms with van der Waals surface area (Å²) in [6.45, 7) is 1.93. The second-order valence-corrected chi connectivity index (χ2v) is 11.6. The summed E-state index contributed by atoms with van der Waals surface area (Å²) in [6, 6.07) is 9.19. The molecular weight excluding hydrogens is 468 g/mol. The van der Waals surface area contributed by atoms with Gasteiger partial charge in [0.25, 0.3) is 5.56 Å². The summed E-state index contributed by atoms with van der Waals surface area (Å²) >= 11 is 0. The zero-order valence-electron chi connectivity index (χ0n) is 21.7. The van der Waals surface area contributed by atoms with E-state index < -0.39 is 11.7 Å². The number of aliphatic carboxylic acids is 1. The first-order valence-electron chi connectivity index (χ1n) is 14.3. The Morgan fingerprint density at radius 1 is 0.973 bits per heavy atom. The monoisotopic (exact) mass is 506 g/mol. The molecule has 0 spiro atoms. The van der Waals surface area contributed by atoms with Crippen LogP contribution in [0.4, 0.5) is 0 Å². The van der Waals surface area contributed by atoms with Crippen molar-refractivity contribution in [1.82, 2.24) is 14.5 Å². The Balaban J connectivity index is 1.34. The van der Waals surface area contributed by atoms with Gasteiger partial charge >= 0.3 is 5.97 Å². The number of hydrogen-bond acceptors (Lipinski definition) is 6. The van der Waals surface area contributed by atoms with Crippen molar-refractivity contribution in [2.75, 3.05) is 6.61 Å². The number of carboxylic acids is 1. The van der Waals surface area contributed by atoms with Crippen molar-refractivity contribution in [2.45, 2.75) is 102 Å². The van der Waals surface area contributed by atoms with Crippen LogP contribution < -0.4 is 5.56 Å². The number of carboxylic acid groups (broad SMARTS) is 1. The van der Waals surface area contributed by atoms with Gasteiger partial charge in [0.2, 0.25) is 5.71 Å². The van der Waals surface area contributed by atoms with E-state index in [9.17, 15) is 14.7 Å². The minimum atomic E-state index is -1.31. The van der Waals surface area contributed by atoms with Crippen LogP contribution in [0.3, 0.4) is 0 Å².